The van der Waals surface area contributed by atoms with E-state index in [0.29, 0.717) is 30.1 Å². The summed E-state index contributed by atoms with van der Waals surface area (Å²) >= 11 is 0. The quantitative estimate of drug-likeness (QED) is 0.798. The predicted octanol–water partition coefficient (Wildman–Crippen LogP) is 1.98. The van der Waals surface area contributed by atoms with Gasteiger partial charge in [0.1, 0.15) is 5.76 Å². The molecule has 0 aliphatic rings. The minimum Gasteiger partial charge on any atom is -0.469 e. The van der Waals surface area contributed by atoms with Gasteiger partial charge in [-0.1, -0.05) is 20.8 Å². The van der Waals surface area contributed by atoms with Crippen molar-refractivity contribution in [2.24, 2.45) is 5.92 Å². The Bertz CT molecular complexity index is 357. The number of hydrogen-bond donors (Lipinski definition) is 2. The summed E-state index contributed by atoms with van der Waals surface area (Å²) in [6.07, 6.45) is 2.39. The van der Waals surface area contributed by atoms with Crippen molar-refractivity contribution in [1.29, 1.82) is 0 Å². The van der Waals surface area contributed by atoms with Gasteiger partial charge in [0, 0.05) is 13.0 Å². The van der Waals surface area contributed by atoms with Gasteiger partial charge in [-0.2, -0.15) is 0 Å². The zero-order valence-corrected chi connectivity index (χ0v) is 10.7. The van der Waals surface area contributed by atoms with Gasteiger partial charge in [0.2, 0.25) is 0 Å². The van der Waals surface area contributed by atoms with Crippen molar-refractivity contribution in [3.8, 4) is 0 Å². The highest BCUT2D eigenvalue weighted by Gasteiger charge is 2.14. The second-order valence-corrected chi connectivity index (χ2v) is 4.60. The molecular weight excluding hydrogens is 218 g/mol. The fraction of sp³-hybridized carbons (Fsp3) is 0.615. The molecule has 2 N–H and O–H groups in total. The molecule has 1 aromatic heterocycles. The zero-order valence-electron chi connectivity index (χ0n) is 10.7. The summed E-state index contributed by atoms with van der Waals surface area (Å²) in [5.41, 5.74) is 0.559. The Labute approximate surface area is 102 Å². The van der Waals surface area contributed by atoms with Gasteiger partial charge in [0.05, 0.1) is 17.9 Å². The molecule has 0 spiro atoms. The first kappa shape index (κ1) is 13.8. The molecule has 17 heavy (non-hydrogen) atoms. The predicted molar refractivity (Wildman–Crippen MR) is 65.9 cm³/mol. The van der Waals surface area contributed by atoms with Crippen LogP contribution in [0, 0.1) is 5.92 Å². The largest absolute Gasteiger partial charge is 0.469 e. The molecule has 0 aliphatic heterocycles. The van der Waals surface area contributed by atoms with E-state index in [0.717, 1.165) is 0 Å². The van der Waals surface area contributed by atoms with Gasteiger partial charge in [-0.05, 0) is 18.4 Å². The maximum atomic E-state index is 11.8. The van der Waals surface area contributed by atoms with Crippen molar-refractivity contribution < 1.29 is 14.3 Å². The maximum Gasteiger partial charge on any atom is 0.254 e. The van der Waals surface area contributed by atoms with E-state index in [4.69, 9.17) is 4.42 Å². The number of aryl methyl sites for hydroxylation is 1. The molecule has 1 unspecified atom stereocenters. The van der Waals surface area contributed by atoms with Crippen LogP contribution in [-0.4, -0.2) is 23.7 Å². The van der Waals surface area contributed by atoms with E-state index >= 15 is 0 Å². The van der Waals surface area contributed by atoms with E-state index in [1.165, 1.54) is 6.26 Å². The van der Waals surface area contributed by atoms with Gasteiger partial charge in [0.25, 0.3) is 5.91 Å². The number of aliphatic hydroxyl groups is 1. The van der Waals surface area contributed by atoms with Crippen LogP contribution in [0.1, 0.15) is 43.3 Å². The van der Waals surface area contributed by atoms with E-state index in [2.05, 4.69) is 5.32 Å². The summed E-state index contributed by atoms with van der Waals surface area (Å²) < 4.78 is 5.18. The highest BCUT2D eigenvalue weighted by atomic mass is 16.3. The summed E-state index contributed by atoms with van der Waals surface area (Å²) in [4.78, 5) is 11.8. The van der Waals surface area contributed by atoms with Crippen LogP contribution in [0.25, 0.3) is 0 Å². The van der Waals surface area contributed by atoms with E-state index in [1.54, 1.807) is 6.07 Å². The Morgan fingerprint density at radius 3 is 2.82 bits per heavy atom. The lowest BCUT2D eigenvalue weighted by Gasteiger charge is -2.13. The number of aliphatic hydroxyl groups excluding tert-OH is 1. The van der Waals surface area contributed by atoms with Crippen LogP contribution >= 0.6 is 0 Å². The summed E-state index contributed by atoms with van der Waals surface area (Å²) in [7, 11) is 0. The molecule has 0 radical (unpaired) electrons. The topological polar surface area (TPSA) is 62.5 Å². The standard InChI is InChI=1S/C13H21NO3/c1-4-12-11(5-6-17-12)13(16)14-8-10(15)7-9(2)3/h5-6,9-10,15H,4,7-8H2,1-3H3,(H,14,16). The van der Waals surface area contributed by atoms with Crippen molar-refractivity contribution in [3.05, 3.63) is 23.7 Å². The monoisotopic (exact) mass is 239 g/mol. The van der Waals surface area contributed by atoms with Gasteiger partial charge in [0.15, 0.2) is 0 Å². The highest BCUT2D eigenvalue weighted by Crippen LogP contribution is 2.11. The van der Waals surface area contributed by atoms with E-state index in [1.807, 2.05) is 20.8 Å². The number of hydrogen-bond acceptors (Lipinski definition) is 3. The van der Waals surface area contributed by atoms with Gasteiger partial charge < -0.3 is 14.8 Å². The van der Waals surface area contributed by atoms with Crippen LogP contribution in [0.2, 0.25) is 0 Å². The van der Waals surface area contributed by atoms with E-state index in [-0.39, 0.29) is 12.5 Å². The van der Waals surface area contributed by atoms with Crippen LogP contribution in [-0.2, 0) is 6.42 Å². The van der Waals surface area contributed by atoms with Crippen molar-refractivity contribution in [3.63, 3.8) is 0 Å². The first-order chi connectivity index (χ1) is 8.04. The van der Waals surface area contributed by atoms with Gasteiger partial charge in [-0.3, -0.25) is 4.79 Å². The molecule has 0 bridgehead atoms. The number of carbonyl (C=O) groups excluding carboxylic acids is 1. The lowest BCUT2D eigenvalue weighted by atomic mass is 10.1. The minimum atomic E-state index is -0.490. The molecule has 1 heterocycles. The van der Waals surface area contributed by atoms with Crippen molar-refractivity contribution in [2.75, 3.05) is 6.54 Å². The molecular formula is C13H21NO3. The number of furan rings is 1. The molecule has 0 aliphatic carbocycles. The Balaban J connectivity index is 2.45. The smallest absolute Gasteiger partial charge is 0.254 e. The number of nitrogens with one attached hydrogen (secondary N) is 1. The molecule has 1 atom stereocenters. The molecule has 0 saturated carbocycles. The molecule has 0 saturated heterocycles. The fourth-order valence-corrected chi connectivity index (χ4v) is 1.75. The van der Waals surface area contributed by atoms with Crippen LogP contribution in [0.3, 0.4) is 0 Å². The Hall–Kier alpha value is -1.29. The Morgan fingerprint density at radius 2 is 2.24 bits per heavy atom. The average Bonchev–Trinajstić information content (AvgIpc) is 2.72. The molecule has 1 amide bonds. The third-order valence-electron chi connectivity index (χ3n) is 2.55. The van der Waals surface area contributed by atoms with Crippen LogP contribution in [0.15, 0.2) is 16.7 Å². The normalized spacial score (nSPS) is 12.8. The first-order valence-corrected chi connectivity index (χ1v) is 6.07. The average molecular weight is 239 g/mol. The van der Waals surface area contributed by atoms with E-state index < -0.39 is 6.10 Å². The Morgan fingerprint density at radius 1 is 1.53 bits per heavy atom. The minimum absolute atomic E-state index is 0.182. The Kier molecular flexibility index (Phi) is 5.22. The maximum absolute atomic E-state index is 11.8. The second kappa shape index (κ2) is 6.45. The summed E-state index contributed by atoms with van der Waals surface area (Å²) in [6, 6.07) is 1.66. The number of amides is 1. The molecule has 1 rings (SSSR count). The third kappa shape index (κ3) is 4.23. The van der Waals surface area contributed by atoms with Crippen LogP contribution in [0.4, 0.5) is 0 Å². The molecule has 0 aromatic carbocycles. The molecule has 4 heteroatoms. The molecule has 1 aromatic rings. The van der Waals surface area contributed by atoms with Crippen molar-refractivity contribution >= 4 is 5.91 Å². The SMILES string of the molecule is CCc1occc1C(=O)NCC(O)CC(C)C. The molecule has 96 valence electrons. The van der Waals surface area contributed by atoms with Gasteiger partial charge in [-0.15, -0.1) is 0 Å². The van der Waals surface area contributed by atoms with Gasteiger partial charge >= 0.3 is 0 Å². The highest BCUT2D eigenvalue weighted by molar-refractivity contribution is 5.95. The van der Waals surface area contributed by atoms with Crippen LogP contribution < -0.4 is 5.32 Å². The third-order valence-corrected chi connectivity index (χ3v) is 2.55. The van der Waals surface area contributed by atoms with E-state index in [9.17, 15) is 9.90 Å². The lowest BCUT2D eigenvalue weighted by Crippen LogP contribution is -2.33. The summed E-state index contributed by atoms with van der Waals surface area (Å²) in [6.45, 7) is 6.29. The zero-order chi connectivity index (χ0) is 12.8. The second-order valence-electron chi connectivity index (χ2n) is 4.60. The van der Waals surface area contributed by atoms with Crippen LogP contribution in [0.5, 0.6) is 0 Å². The number of carbonyl (C=O) groups is 1. The fourth-order valence-electron chi connectivity index (χ4n) is 1.75. The molecule has 0 fully saturated rings. The first-order valence-electron chi connectivity index (χ1n) is 6.07. The summed E-state index contributed by atoms with van der Waals surface area (Å²) in [5, 5.41) is 12.4. The molecule has 4 nitrogen and oxygen atoms in total. The lowest BCUT2D eigenvalue weighted by molar-refractivity contribution is 0.0898. The summed E-state index contributed by atoms with van der Waals surface area (Å²) in [5.74, 6) is 0.918. The van der Waals surface area contributed by atoms with Crippen molar-refractivity contribution in [2.45, 2.75) is 39.7 Å². The van der Waals surface area contributed by atoms with Gasteiger partial charge in [-0.25, -0.2) is 0 Å². The van der Waals surface area contributed by atoms with Crippen molar-refractivity contribution in [1.82, 2.24) is 5.32 Å². The number of rotatable bonds is 6.